The molecule has 0 radical (unpaired) electrons. The molecule has 0 spiro atoms. The largest absolute Gasteiger partial charge is 0.324 e. The van der Waals surface area contributed by atoms with E-state index in [0.29, 0.717) is 16.8 Å². The van der Waals surface area contributed by atoms with Gasteiger partial charge in [-0.3, -0.25) is 4.98 Å². The van der Waals surface area contributed by atoms with Crippen LogP contribution in [0, 0.1) is 11.6 Å². The van der Waals surface area contributed by atoms with E-state index in [1.54, 1.807) is 37.3 Å². The fraction of sp³-hybridized carbons (Fsp3) is 0.143. The molecule has 2 heterocycles. The van der Waals surface area contributed by atoms with Gasteiger partial charge in [-0.2, -0.15) is 0 Å². The lowest BCUT2D eigenvalue weighted by Crippen LogP contribution is -2.41. The van der Waals surface area contributed by atoms with Crippen LogP contribution in [0.2, 0.25) is 0 Å². The average Bonchev–Trinajstić information content (AvgIpc) is 2.72. The van der Waals surface area contributed by atoms with Crippen LogP contribution in [0.5, 0.6) is 0 Å². The number of rotatable bonds is 4. The summed E-state index contributed by atoms with van der Waals surface area (Å²) in [5.41, 5.74) is 1.44. The van der Waals surface area contributed by atoms with Crippen molar-refractivity contribution in [2.75, 3.05) is 5.32 Å². The van der Waals surface area contributed by atoms with Crippen molar-refractivity contribution >= 4 is 21.7 Å². The zero-order valence-electron chi connectivity index (χ0n) is 15.9. The number of para-hydroxylation sites is 1. The van der Waals surface area contributed by atoms with E-state index in [0.717, 1.165) is 0 Å². The zero-order valence-corrected chi connectivity index (χ0v) is 16.7. The number of hydrogen-bond acceptors (Lipinski definition) is 4. The Balaban J connectivity index is 1.74. The van der Waals surface area contributed by atoms with Crippen LogP contribution in [-0.4, -0.2) is 19.4 Å². The van der Waals surface area contributed by atoms with Gasteiger partial charge in [-0.15, -0.1) is 0 Å². The van der Waals surface area contributed by atoms with E-state index >= 15 is 0 Å². The zero-order chi connectivity index (χ0) is 21.3. The van der Waals surface area contributed by atoms with Gasteiger partial charge in [-0.25, -0.2) is 26.9 Å². The fourth-order valence-electron chi connectivity index (χ4n) is 3.35. The van der Waals surface area contributed by atoms with Gasteiger partial charge in [0.1, 0.15) is 16.5 Å². The van der Waals surface area contributed by atoms with Gasteiger partial charge in [0.05, 0.1) is 17.9 Å². The van der Waals surface area contributed by atoms with Crippen molar-refractivity contribution in [2.45, 2.75) is 24.3 Å². The molecular weight excluding hydrogens is 410 g/mol. The Labute approximate surface area is 172 Å². The van der Waals surface area contributed by atoms with Crippen LogP contribution < -0.4 is 10.0 Å². The van der Waals surface area contributed by atoms with E-state index < -0.39 is 21.8 Å². The fourth-order valence-corrected chi connectivity index (χ4v) is 4.52. The molecule has 0 bridgehead atoms. The Hall–Kier alpha value is -3.33. The molecule has 1 aromatic heterocycles. The Kier molecular flexibility index (Phi) is 5.21. The maximum atomic E-state index is 14.3. The van der Waals surface area contributed by atoms with Crippen molar-refractivity contribution < 1.29 is 17.2 Å². The van der Waals surface area contributed by atoms with E-state index in [1.807, 2.05) is 0 Å². The highest BCUT2D eigenvalue weighted by Crippen LogP contribution is 2.36. The molecule has 1 atom stereocenters. The first kappa shape index (κ1) is 20.0. The number of anilines is 1. The number of nitrogens with zero attached hydrogens (tertiary/aromatic N) is 2. The van der Waals surface area contributed by atoms with Gasteiger partial charge in [0.2, 0.25) is 5.96 Å². The first-order valence-electron chi connectivity index (χ1n) is 9.18. The third-order valence-electron chi connectivity index (χ3n) is 4.88. The van der Waals surface area contributed by atoms with E-state index in [4.69, 9.17) is 0 Å². The summed E-state index contributed by atoms with van der Waals surface area (Å²) in [6, 6.07) is 13.9. The number of halogens is 2. The smallest absolute Gasteiger partial charge is 0.266 e. The maximum absolute atomic E-state index is 14.3. The summed E-state index contributed by atoms with van der Waals surface area (Å²) in [4.78, 5) is 8.08. The van der Waals surface area contributed by atoms with Gasteiger partial charge >= 0.3 is 0 Å². The third kappa shape index (κ3) is 3.76. The summed E-state index contributed by atoms with van der Waals surface area (Å²) in [7, 11) is -3.91. The van der Waals surface area contributed by atoms with Crippen LogP contribution in [0.1, 0.15) is 29.7 Å². The second-order valence-corrected chi connectivity index (χ2v) is 8.44. The molecule has 0 saturated heterocycles. The first-order valence-corrected chi connectivity index (χ1v) is 10.7. The molecule has 0 unspecified atom stereocenters. The van der Waals surface area contributed by atoms with Gasteiger partial charge in [0, 0.05) is 12.1 Å². The van der Waals surface area contributed by atoms with Gasteiger partial charge in [0.25, 0.3) is 10.0 Å². The summed E-state index contributed by atoms with van der Waals surface area (Å²) < 4.78 is 56.0. The molecule has 1 aliphatic rings. The Morgan fingerprint density at radius 1 is 1.00 bits per heavy atom. The highest BCUT2D eigenvalue weighted by molar-refractivity contribution is 7.90. The molecule has 0 fully saturated rings. The first-order chi connectivity index (χ1) is 14.4. The lowest BCUT2D eigenvalue weighted by atomic mass is 9.91. The standard InChI is InChI=1S/C21H18F2N4O2S/c1-13(14-6-2-3-8-16(14)22)15-7-4-10-19-20(15)26-21(27-30(19,28)29)25-12-18-17(23)9-5-11-24-18/h2-11,13H,12H2,1H3,(H2,25,26,27)/t13-/m0/s1. The molecule has 0 amide bonds. The molecule has 154 valence electrons. The van der Waals surface area contributed by atoms with Gasteiger partial charge in [-0.05, 0) is 35.4 Å². The number of nitrogens with one attached hydrogen (secondary N) is 2. The number of guanidine groups is 1. The second-order valence-electron chi connectivity index (χ2n) is 6.79. The SMILES string of the molecule is C[C@@H](c1ccccc1F)c1cccc2c1NC(=NCc1ncccc1F)NS2(=O)=O. The molecular formula is C21H18F2N4O2S. The number of aromatic nitrogens is 1. The van der Waals surface area contributed by atoms with Crippen LogP contribution in [0.3, 0.4) is 0 Å². The predicted molar refractivity (Wildman–Crippen MR) is 110 cm³/mol. The van der Waals surface area contributed by atoms with Crippen LogP contribution in [0.15, 0.2) is 70.7 Å². The Bertz CT molecular complexity index is 1250. The number of aliphatic imine (C=N–C) groups is 1. The normalized spacial score (nSPS) is 17.0. The third-order valence-corrected chi connectivity index (χ3v) is 6.26. The minimum atomic E-state index is -3.91. The maximum Gasteiger partial charge on any atom is 0.266 e. The molecule has 6 nitrogen and oxygen atoms in total. The summed E-state index contributed by atoms with van der Waals surface area (Å²) in [6.07, 6.45) is 1.43. The summed E-state index contributed by atoms with van der Waals surface area (Å²) in [5, 5.41) is 2.97. The lowest BCUT2D eigenvalue weighted by Gasteiger charge is -2.26. The molecule has 0 aliphatic carbocycles. The topological polar surface area (TPSA) is 83.4 Å². The number of fused-ring (bicyclic) bond motifs is 1. The molecule has 3 aromatic rings. The molecule has 4 rings (SSSR count). The van der Waals surface area contributed by atoms with Crippen molar-refractivity contribution in [3.05, 3.63) is 89.2 Å². The second kappa shape index (κ2) is 7.83. The minimum absolute atomic E-state index is 0.0335. The van der Waals surface area contributed by atoms with Crippen LogP contribution in [0.25, 0.3) is 0 Å². The minimum Gasteiger partial charge on any atom is -0.324 e. The predicted octanol–water partition coefficient (Wildman–Crippen LogP) is 3.77. The lowest BCUT2D eigenvalue weighted by molar-refractivity contribution is 0.590. The highest BCUT2D eigenvalue weighted by atomic mass is 32.2. The van der Waals surface area contributed by atoms with Crippen molar-refractivity contribution in [3.8, 4) is 0 Å². The van der Waals surface area contributed by atoms with Crippen LogP contribution in [-0.2, 0) is 16.6 Å². The highest BCUT2D eigenvalue weighted by Gasteiger charge is 2.30. The molecule has 9 heteroatoms. The van der Waals surface area contributed by atoms with Crippen molar-refractivity contribution in [1.82, 2.24) is 9.71 Å². The molecule has 1 aliphatic heterocycles. The summed E-state index contributed by atoms with van der Waals surface area (Å²) in [5.74, 6) is -1.38. The van der Waals surface area contributed by atoms with Crippen molar-refractivity contribution in [1.29, 1.82) is 0 Å². The number of benzene rings is 2. The number of pyridine rings is 1. The van der Waals surface area contributed by atoms with E-state index in [2.05, 4.69) is 20.0 Å². The Morgan fingerprint density at radius 2 is 1.73 bits per heavy atom. The number of hydrogen-bond donors (Lipinski definition) is 2. The van der Waals surface area contributed by atoms with E-state index in [1.165, 1.54) is 30.5 Å². The van der Waals surface area contributed by atoms with E-state index in [-0.39, 0.29) is 28.9 Å². The summed E-state index contributed by atoms with van der Waals surface area (Å²) >= 11 is 0. The van der Waals surface area contributed by atoms with E-state index in [9.17, 15) is 17.2 Å². The molecule has 2 aromatic carbocycles. The van der Waals surface area contributed by atoms with Crippen molar-refractivity contribution in [3.63, 3.8) is 0 Å². The molecule has 30 heavy (non-hydrogen) atoms. The quantitative estimate of drug-likeness (QED) is 0.663. The average molecular weight is 428 g/mol. The molecule has 2 N–H and O–H groups in total. The van der Waals surface area contributed by atoms with Crippen LogP contribution >= 0.6 is 0 Å². The van der Waals surface area contributed by atoms with Gasteiger partial charge < -0.3 is 5.32 Å². The number of sulfonamides is 1. The Morgan fingerprint density at radius 3 is 2.50 bits per heavy atom. The summed E-state index contributed by atoms with van der Waals surface area (Å²) in [6.45, 7) is 1.64. The van der Waals surface area contributed by atoms with Gasteiger partial charge in [-0.1, -0.05) is 37.3 Å². The van der Waals surface area contributed by atoms with Gasteiger partial charge in [0.15, 0.2) is 0 Å². The monoisotopic (exact) mass is 428 g/mol. The molecule has 0 saturated carbocycles. The van der Waals surface area contributed by atoms with Crippen LogP contribution in [0.4, 0.5) is 14.5 Å². The van der Waals surface area contributed by atoms with Crippen molar-refractivity contribution in [2.24, 2.45) is 4.99 Å².